The molecular weight excluding hydrogens is 227 g/mol. The Bertz CT molecular complexity index is 375. The predicted octanol–water partition coefficient (Wildman–Crippen LogP) is 2.06. The van der Waals surface area contributed by atoms with Gasteiger partial charge in [0.2, 0.25) is 0 Å². The van der Waals surface area contributed by atoms with Crippen LogP contribution in [0, 0.1) is 10.1 Å². The van der Waals surface area contributed by atoms with Gasteiger partial charge < -0.3 is 5.11 Å². The zero-order valence-corrected chi connectivity index (χ0v) is 7.94. The maximum atomic E-state index is 12.0. The molecule has 0 aromatic heterocycles. The number of non-ortho nitro benzene ring substituents is 1. The number of nitro benzene ring substituents is 1. The van der Waals surface area contributed by atoms with Gasteiger partial charge in [-0.05, 0) is 5.56 Å². The lowest BCUT2D eigenvalue weighted by molar-refractivity contribution is -0.384. The maximum absolute atomic E-state index is 12.0. The minimum atomic E-state index is -4.68. The van der Waals surface area contributed by atoms with Crippen LogP contribution in [0.15, 0.2) is 24.3 Å². The van der Waals surface area contributed by atoms with Gasteiger partial charge in [0.15, 0.2) is 6.10 Å². The van der Waals surface area contributed by atoms with Crippen molar-refractivity contribution in [2.24, 2.45) is 0 Å². The average molecular weight is 235 g/mol. The molecule has 0 aliphatic carbocycles. The Morgan fingerprint density at radius 2 is 1.81 bits per heavy atom. The molecule has 0 aliphatic rings. The molecule has 16 heavy (non-hydrogen) atoms. The second-order valence-electron chi connectivity index (χ2n) is 3.19. The zero-order valence-electron chi connectivity index (χ0n) is 7.94. The highest BCUT2D eigenvalue weighted by Crippen LogP contribution is 2.23. The van der Waals surface area contributed by atoms with Crippen molar-refractivity contribution in [2.75, 3.05) is 0 Å². The Kier molecular flexibility index (Phi) is 3.48. The van der Waals surface area contributed by atoms with E-state index in [0.29, 0.717) is 0 Å². The van der Waals surface area contributed by atoms with Crippen LogP contribution in [-0.4, -0.2) is 22.3 Å². The molecule has 0 spiro atoms. The summed E-state index contributed by atoms with van der Waals surface area (Å²) in [6.07, 6.45) is -7.74. The van der Waals surface area contributed by atoms with Gasteiger partial charge in [-0.25, -0.2) is 0 Å². The number of nitro groups is 1. The number of aliphatic hydroxyl groups is 1. The van der Waals surface area contributed by atoms with E-state index >= 15 is 0 Å². The summed E-state index contributed by atoms with van der Waals surface area (Å²) in [5.41, 5.74) is -0.0133. The van der Waals surface area contributed by atoms with Gasteiger partial charge in [0, 0.05) is 18.6 Å². The third kappa shape index (κ3) is 3.20. The Morgan fingerprint density at radius 1 is 1.31 bits per heavy atom. The van der Waals surface area contributed by atoms with E-state index in [2.05, 4.69) is 0 Å². The minimum absolute atomic E-state index is 0.190. The van der Waals surface area contributed by atoms with E-state index in [1.807, 2.05) is 0 Å². The van der Waals surface area contributed by atoms with E-state index in [9.17, 15) is 23.3 Å². The fraction of sp³-hybridized carbons (Fsp3) is 0.333. The molecule has 0 saturated heterocycles. The topological polar surface area (TPSA) is 63.4 Å². The number of hydrogen-bond acceptors (Lipinski definition) is 3. The van der Waals surface area contributed by atoms with Gasteiger partial charge in [0.1, 0.15) is 0 Å². The molecule has 88 valence electrons. The standard InChI is InChI=1S/C9H8F3NO3/c10-9(11,12)8(14)5-6-1-3-7(4-2-6)13(15)16/h1-4,8,14H,5H2. The molecule has 1 unspecified atom stereocenters. The molecule has 0 fully saturated rings. The molecule has 1 aromatic carbocycles. The van der Waals surface area contributed by atoms with E-state index in [-0.39, 0.29) is 11.3 Å². The second kappa shape index (κ2) is 4.48. The number of alkyl halides is 3. The first-order valence-corrected chi connectivity index (χ1v) is 4.29. The summed E-state index contributed by atoms with van der Waals surface area (Å²) in [4.78, 5) is 9.62. The molecule has 7 heteroatoms. The van der Waals surface area contributed by atoms with Gasteiger partial charge in [-0.2, -0.15) is 13.2 Å². The number of rotatable bonds is 3. The van der Waals surface area contributed by atoms with Crippen LogP contribution in [0.3, 0.4) is 0 Å². The number of aliphatic hydroxyl groups excluding tert-OH is 1. The summed E-state index contributed by atoms with van der Waals surface area (Å²) in [5, 5.41) is 19.0. The van der Waals surface area contributed by atoms with Crippen molar-refractivity contribution in [3.8, 4) is 0 Å². The van der Waals surface area contributed by atoms with Crippen LogP contribution in [0.1, 0.15) is 5.56 Å². The highest BCUT2D eigenvalue weighted by atomic mass is 19.4. The molecule has 0 amide bonds. The zero-order chi connectivity index (χ0) is 12.3. The van der Waals surface area contributed by atoms with Crippen molar-refractivity contribution in [2.45, 2.75) is 18.7 Å². The summed E-state index contributed by atoms with van der Waals surface area (Å²) in [5.74, 6) is 0. The third-order valence-corrected chi connectivity index (χ3v) is 1.95. The van der Waals surface area contributed by atoms with E-state index in [1.54, 1.807) is 0 Å². The summed E-state index contributed by atoms with van der Waals surface area (Å²) in [6.45, 7) is 0. The Morgan fingerprint density at radius 3 is 2.19 bits per heavy atom. The summed E-state index contributed by atoms with van der Waals surface area (Å²) in [6, 6.07) is 4.57. The highest BCUT2D eigenvalue weighted by molar-refractivity contribution is 5.33. The average Bonchev–Trinajstić information content (AvgIpc) is 2.17. The summed E-state index contributed by atoms with van der Waals surface area (Å²) in [7, 11) is 0. The van der Waals surface area contributed by atoms with Crippen LogP contribution >= 0.6 is 0 Å². The Labute approximate surface area is 88.5 Å². The minimum Gasteiger partial charge on any atom is -0.383 e. The van der Waals surface area contributed by atoms with Gasteiger partial charge in [-0.1, -0.05) is 12.1 Å². The van der Waals surface area contributed by atoms with Crippen molar-refractivity contribution in [3.05, 3.63) is 39.9 Å². The van der Waals surface area contributed by atoms with E-state index in [0.717, 1.165) is 12.1 Å². The van der Waals surface area contributed by atoms with Gasteiger partial charge in [-0.3, -0.25) is 10.1 Å². The Balaban J connectivity index is 2.73. The SMILES string of the molecule is O=[N+]([O-])c1ccc(CC(O)C(F)(F)F)cc1. The van der Waals surface area contributed by atoms with Crippen LogP contribution in [-0.2, 0) is 6.42 Å². The van der Waals surface area contributed by atoms with Crippen LogP contribution in [0.2, 0.25) is 0 Å². The molecule has 4 nitrogen and oxygen atoms in total. The van der Waals surface area contributed by atoms with E-state index < -0.39 is 23.6 Å². The first-order valence-electron chi connectivity index (χ1n) is 4.29. The normalized spacial score (nSPS) is 13.5. The highest BCUT2D eigenvalue weighted by Gasteiger charge is 2.37. The number of hydrogen-bond donors (Lipinski definition) is 1. The van der Waals surface area contributed by atoms with Gasteiger partial charge >= 0.3 is 6.18 Å². The Hall–Kier alpha value is -1.63. The fourth-order valence-electron chi connectivity index (χ4n) is 1.09. The molecule has 0 radical (unpaired) electrons. The van der Waals surface area contributed by atoms with Gasteiger partial charge in [0.25, 0.3) is 5.69 Å². The maximum Gasteiger partial charge on any atom is 0.414 e. The van der Waals surface area contributed by atoms with E-state index in [4.69, 9.17) is 5.11 Å². The molecule has 1 N–H and O–H groups in total. The molecule has 0 saturated carbocycles. The molecule has 1 rings (SSSR count). The number of halogens is 3. The third-order valence-electron chi connectivity index (χ3n) is 1.95. The van der Waals surface area contributed by atoms with Crippen LogP contribution in [0.25, 0.3) is 0 Å². The fourth-order valence-corrected chi connectivity index (χ4v) is 1.09. The molecule has 0 aliphatic heterocycles. The molecule has 1 atom stereocenters. The van der Waals surface area contributed by atoms with Crippen molar-refractivity contribution < 1.29 is 23.2 Å². The lowest BCUT2D eigenvalue weighted by Gasteiger charge is -2.13. The first kappa shape index (κ1) is 12.4. The monoisotopic (exact) mass is 235 g/mol. The largest absolute Gasteiger partial charge is 0.414 e. The molecular formula is C9H8F3NO3. The smallest absolute Gasteiger partial charge is 0.383 e. The van der Waals surface area contributed by atoms with Crippen molar-refractivity contribution in [1.82, 2.24) is 0 Å². The quantitative estimate of drug-likeness (QED) is 0.644. The predicted molar refractivity (Wildman–Crippen MR) is 48.9 cm³/mol. The molecule has 1 aromatic rings. The van der Waals surface area contributed by atoms with Crippen LogP contribution in [0.4, 0.5) is 18.9 Å². The van der Waals surface area contributed by atoms with Gasteiger partial charge in [-0.15, -0.1) is 0 Å². The number of benzene rings is 1. The molecule has 0 heterocycles. The summed E-state index contributed by atoms with van der Waals surface area (Å²) >= 11 is 0. The van der Waals surface area contributed by atoms with Crippen molar-refractivity contribution in [3.63, 3.8) is 0 Å². The first-order chi connectivity index (χ1) is 7.30. The summed E-state index contributed by atoms with van der Waals surface area (Å²) < 4.78 is 36.0. The lowest BCUT2D eigenvalue weighted by Crippen LogP contribution is -2.30. The van der Waals surface area contributed by atoms with Crippen molar-refractivity contribution in [1.29, 1.82) is 0 Å². The van der Waals surface area contributed by atoms with Crippen LogP contribution in [0.5, 0.6) is 0 Å². The second-order valence-corrected chi connectivity index (χ2v) is 3.19. The number of nitrogens with zero attached hydrogens (tertiary/aromatic N) is 1. The lowest BCUT2D eigenvalue weighted by atomic mass is 10.1. The van der Waals surface area contributed by atoms with Gasteiger partial charge in [0.05, 0.1) is 4.92 Å². The molecule has 0 bridgehead atoms. The van der Waals surface area contributed by atoms with E-state index in [1.165, 1.54) is 12.1 Å². The van der Waals surface area contributed by atoms with Crippen molar-refractivity contribution >= 4 is 5.69 Å². The van der Waals surface area contributed by atoms with Crippen LogP contribution < -0.4 is 0 Å².